The fraction of sp³-hybridized carbons (Fsp3) is 0.368. The molecule has 2 heterocycles. The molecule has 6 nitrogen and oxygen atoms in total. The monoisotopic (exact) mass is 374 g/mol. The van der Waals surface area contributed by atoms with Gasteiger partial charge in [-0.3, -0.25) is 9.29 Å². The number of ether oxygens (including phenoxy) is 1. The molecule has 1 aromatic carbocycles. The fourth-order valence-corrected chi connectivity index (χ4v) is 4.57. The van der Waals surface area contributed by atoms with Gasteiger partial charge in [-0.2, -0.15) is 0 Å². The number of anilines is 1. The molecule has 7 heteroatoms. The third-order valence-corrected chi connectivity index (χ3v) is 5.66. The minimum absolute atomic E-state index is 0.147. The SMILES string of the molecule is CC1Cc2cc(C(=O)OCCCc3cccnc3)ccc2N1S(C)(=O)=O. The molecule has 1 aromatic heterocycles. The molecule has 1 unspecified atom stereocenters. The van der Waals surface area contributed by atoms with Crippen molar-refractivity contribution in [2.24, 2.45) is 0 Å². The van der Waals surface area contributed by atoms with Crippen LogP contribution in [-0.4, -0.2) is 38.3 Å². The molecule has 0 bridgehead atoms. The van der Waals surface area contributed by atoms with Crippen molar-refractivity contribution >= 4 is 21.7 Å². The largest absolute Gasteiger partial charge is 0.462 e. The van der Waals surface area contributed by atoms with Crippen molar-refractivity contribution in [3.63, 3.8) is 0 Å². The maximum atomic E-state index is 12.2. The summed E-state index contributed by atoms with van der Waals surface area (Å²) in [5.41, 5.74) is 3.06. The van der Waals surface area contributed by atoms with Gasteiger partial charge in [-0.05, 0) is 61.6 Å². The smallest absolute Gasteiger partial charge is 0.338 e. The Morgan fingerprint density at radius 1 is 1.35 bits per heavy atom. The van der Waals surface area contributed by atoms with Crippen molar-refractivity contribution in [1.29, 1.82) is 0 Å². The molecule has 1 aliphatic heterocycles. The average molecular weight is 374 g/mol. The second-order valence-electron chi connectivity index (χ2n) is 6.56. The van der Waals surface area contributed by atoms with Crippen LogP contribution in [0.15, 0.2) is 42.7 Å². The van der Waals surface area contributed by atoms with Crippen LogP contribution in [0, 0.1) is 0 Å². The summed E-state index contributed by atoms with van der Waals surface area (Å²) in [6.45, 7) is 2.19. The number of sulfonamides is 1. The molecule has 26 heavy (non-hydrogen) atoms. The van der Waals surface area contributed by atoms with Gasteiger partial charge in [-0.15, -0.1) is 0 Å². The van der Waals surface area contributed by atoms with Crippen molar-refractivity contribution in [2.75, 3.05) is 17.2 Å². The molecular weight excluding hydrogens is 352 g/mol. The van der Waals surface area contributed by atoms with Crippen LogP contribution >= 0.6 is 0 Å². The maximum absolute atomic E-state index is 12.2. The predicted octanol–water partition coefficient (Wildman–Crippen LogP) is 2.58. The predicted molar refractivity (Wildman–Crippen MR) is 99.8 cm³/mol. The lowest BCUT2D eigenvalue weighted by molar-refractivity contribution is 0.0500. The van der Waals surface area contributed by atoms with E-state index in [9.17, 15) is 13.2 Å². The minimum Gasteiger partial charge on any atom is -0.462 e. The van der Waals surface area contributed by atoms with Gasteiger partial charge in [-0.1, -0.05) is 6.07 Å². The normalized spacial score (nSPS) is 16.4. The van der Waals surface area contributed by atoms with Gasteiger partial charge in [0.2, 0.25) is 10.0 Å². The van der Waals surface area contributed by atoms with Crippen LogP contribution in [0.2, 0.25) is 0 Å². The number of hydrogen-bond donors (Lipinski definition) is 0. The van der Waals surface area contributed by atoms with Crippen LogP contribution in [-0.2, 0) is 27.6 Å². The molecule has 3 rings (SSSR count). The summed E-state index contributed by atoms with van der Waals surface area (Å²) < 4.78 is 30.6. The lowest BCUT2D eigenvalue weighted by Crippen LogP contribution is -2.34. The van der Waals surface area contributed by atoms with E-state index in [0.717, 1.165) is 24.0 Å². The molecule has 0 N–H and O–H groups in total. The van der Waals surface area contributed by atoms with Crippen LogP contribution < -0.4 is 4.31 Å². The van der Waals surface area contributed by atoms with E-state index in [1.807, 2.05) is 19.1 Å². The molecule has 0 spiro atoms. The van der Waals surface area contributed by atoms with Crippen molar-refractivity contribution < 1.29 is 17.9 Å². The number of aryl methyl sites for hydroxylation is 1. The number of pyridine rings is 1. The highest BCUT2D eigenvalue weighted by atomic mass is 32.2. The first-order valence-corrected chi connectivity index (χ1v) is 10.4. The Labute approximate surface area is 153 Å². The summed E-state index contributed by atoms with van der Waals surface area (Å²) in [6, 6.07) is 8.77. The third kappa shape index (κ3) is 4.04. The molecule has 0 saturated carbocycles. The second kappa shape index (κ2) is 7.45. The third-order valence-electron chi connectivity index (χ3n) is 4.39. The Hall–Kier alpha value is -2.41. The summed E-state index contributed by atoms with van der Waals surface area (Å²) in [5.74, 6) is -0.385. The van der Waals surface area contributed by atoms with E-state index in [1.165, 1.54) is 10.6 Å². The maximum Gasteiger partial charge on any atom is 0.338 e. The van der Waals surface area contributed by atoms with Crippen LogP contribution in [0.1, 0.15) is 34.8 Å². The molecule has 0 radical (unpaired) electrons. The van der Waals surface area contributed by atoms with E-state index in [2.05, 4.69) is 4.98 Å². The first-order chi connectivity index (χ1) is 12.4. The van der Waals surface area contributed by atoms with E-state index in [-0.39, 0.29) is 12.0 Å². The van der Waals surface area contributed by atoms with Gasteiger partial charge >= 0.3 is 5.97 Å². The number of nitrogens with zero attached hydrogens (tertiary/aromatic N) is 2. The Morgan fingerprint density at radius 3 is 2.85 bits per heavy atom. The first-order valence-electron chi connectivity index (χ1n) is 8.54. The van der Waals surface area contributed by atoms with Crippen LogP contribution in [0.5, 0.6) is 0 Å². The quantitative estimate of drug-likeness (QED) is 0.574. The van der Waals surface area contributed by atoms with Gasteiger partial charge in [-0.25, -0.2) is 13.2 Å². The first kappa shape index (κ1) is 18.4. The van der Waals surface area contributed by atoms with E-state index in [1.54, 1.807) is 30.6 Å². The lowest BCUT2D eigenvalue weighted by Gasteiger charge is -2.21. The number of carbonyl (C=O) groups excluding carboxylic acids is 1. The van der Waals surface area contributed by atoms with Gasteiger partial charge in [0.25, 0.3) is 0 Å². The van der Waals surface area contributed by atoms with Crippen molar-refractivity contribution in [2.45, 2.75) is 32.2 Å². The summed E-state index contributed by atoms with van der Waals surface area (Å²) >= 11 is 0. The molecule has 0 aliphatic carbocycles. The number of esters is 1. The number of carbonyl (C=O) groups is 1. The van der Waals surface area contributed by atoms with Crippen LogP contribution in [0.4, 0.5) is 5.69 Å². The van der Waals surface area contributed by atoms with Crippen molar-refractivity contribution in [1.82, 2.24) is 4.98 Å². The van der Waals surface area contributed by atoms with Gasteiger partial charge in [0.1, 0.15) is 0 Å². The Balaban J connectivity index is 1.60. The van der Waals surface area contributed by atoms with Crippen molar-refractivity contribution in [3.8, 4) is 0 Å². The standard InChI is InChI=1S/C19H22N2O4S/c1-14-11-17-12-16(7-8-18(17)21(14)26(2,23)24)19(22)25-10-4-6-15-5-3-9-20-13-15/h3,5,7-9,12-14H,4,6,10-11H2,1-2H3. The summed E-state index contributed by atoms with van der Waals surface area (Å²) in [6.07, 6.45) is 6.83. The number of fused-ring (bicyclic) bond motifs is 1. The van der Waals surface area contributed by atoms with Gasteiger partial charge in [0, 0.05) is 18.4 Å². The zero-order valence-electron chi connectivity index (χ0n) is 14.9. The average Bonchev–Trinajstić information content (AvgIpc) is 2.94. The second-order valence-corrected chi connectivity index (χ2v) is 8.42. The van der Waals surface area contributed by atoms with Gasteiger partial charge in [0.05, 0.1) is 24.1 Å². The highest BCUT2D eigenvalue weighted by Crippen LogP contribution is 2.34. The highest BCUT2D eigenvalue weighted by Gasteiger charge is 2.32. The molecule has 0 fully saturated rings. The lowest BCUT2D eigenvalue weighted by atomic mass is 10.1. The molecule has 138 valence electrons. The molecular formula is C19H22N2O4S. The van der Waals surface area contributed by atoms with Crippen molar-refractivity contribution in [3.05, 3.63) is 59.4 Å². The number of benzene rings is 1. The number of aromatic nitrogens is 1. The Bertz CT molecular complexity index is 897. The van der Waals surface area contributed by atoms with E-state index >= 15 is 0 Å². The molecule has 1 atom stereocenters. The van der Waals surface area contributed by atoms with E-state index in [4.69, 9.17) is 4.74 Å². The van der Waals surface area contributed by atoms with E-state index < -0.39 is 10.0 Å². The van der Waals surface area contributed by atoms with Gasteiger partial charge in [0.15, 0.2) is 0 Å². The Morgan fingerprint density at radius 2 is 2.15 bits per heavy atom. The summed E-state index contributed by atoms with van der Waals surface area (Å²) in [7, 11) is -3.33. The zero-order valence-corrected chi connectivity index (χ0v) is 15.7. The minimum atomic E-state index is -3.33. The fourth-order valence-electron chi connectivity index (χ4n) is 3.31. The molecule has 2 aromatic rings. The van der Waals surface area contributed by atoms with Crippen LogP contribution in [0.3, 0.4) is 0 Å². The number of hydrogen-bond acceptors (Lipinski definition) is 5. The van der Waals surface area contributed by atoms with Gasteiger partial charge < -0.3 is 4.74 Å². The summed E-state index contributed by atoms with van der Waals surface area (Å²) in [5, 5.41) is 0. The summed E-state index contributed by atoms with van der Waals surface area (Å²) in [4.78, 5) is 16.3. The number of rotatable bonds is 6. The topological polar surface area (TPSA) is 76.6 Å². The van der Waals surface area contributed by atoms with E-state index in [0.29, 0.717) is 24.3 Å². The molecule has 1 aliphatic rings. The molecule has 0 amide bonds. The zero-order chi connectivity index (χ0) is 18.7. The Kier molecular flexibility index (Phi) is 5.27. The molecule has 0 saturated heterocycles. The van der Waals surface area contributed by atoms with Crippen LogP contribution in [0.25, 0.3) is 0 Å². The highest BCUT2D eigenvalue weighted by molar-refractivity contribution is 7.92.